The Morgan fingerprint density at radius 1 is 1.00 bits per heavy atom. The van der Waals surface area contributed by atoms with Gasteiger partial charge in [-0.05, 0) is 50.2 Å². The van der Waals surface area contributed by atoms with E-state index in [1.165, 1.54) is 32.1 Å². The molecule has 71 valence electrons. The summed E-state index contributed by atoms with van der Waals surface area (Å²) in [6.07, 6.45) is 6.69. The van der Waals surface area contributed by atoms with Crippen LogP contribution < -0.4 is 0 Å². The molecule has 13 heavy (non-hydrogen) atoms. The van der Waals surface area contributed by atoms with Gasteiger partial charge >= 0.3 is 0 Å². The molecule has 0 atom stereocenters. The maximum absolute atomic E-state index is 2.32. The van der Waals surface area contributed by atoms with Gasteiger partial charge in [0, 0.05) is 5.92 Å². The first-order valence-electron chi connectivity index (χ1n) is 5.52. The summed E-state index contributed by atoms with van der Waals surface area (Å²) >= 11 is 0. The second-order valence-electron chi connectivity index (χ2n) is 4.25. The molecule has 0 aromatic heterocycles. The minimum Gasteiger partial charge on any atom is -0.0616 e. The van der Waals surface area contributed by atoms with Gasteiger partial charge < -0.3 is 0 Å². The molecule has 0 heteroatoms. The predicted octanol–water partition coefficient (Wildman–Crippen LogP) is 4.19. The Morgan fingerprint density at radius 2 is 1.62 bits per heavy atom. The third-order valence-electron chi connectivity index (χ3n) is 3.63. The quantitative estimate of drug-likeness (QED) is 0.560. The zero-order valence-corrected chi connectivity index (χ0v) is 9.04. The topological polar surface area (TPSA) is 0 Å². The first kappa shape index (κ1) is 9.05. The van der Waals surface area contributed by atoms with Gasteiger partial charge in [-0.2, -0.15) is 0 Å². The lowest BCUT2D eigenvalue weighted by atomic mass is 9.87. The van der Waals surface area contributed by atoms with Crippen molar-refractivity contribution < 1.29 is 0 Å². The lowest BCUT2D eigenvalue weighted by molar-refractivity contribution is 0.681. The van der Waals surface area contributed by atoms with Crippen molar-refractivity contribution in [2.45, 2.75) is 52.9 Å². The van der Waals surface area contributed by atoms with E-state index in [0.717, 1.165) is 0 Å². The minimum atomic E-state index is 1.21. The maximum atomic E-state index is 2.32. The smallest absolute Gasteiger partial charge is 0.0232 e. The molecule has 0 saturated carbocycles. The molecule has 1 radical (unpaired) electrons. The Labute approximate surface area is 81.7 Å². The first-order chi connectivity index (χ1) is 6.25. The van der Waals surface area contributed by atoms with Crippen LogP contribution in [0.1, 0.15) is 52.9 Å². The van der Waals surface area contributed by atoms with Crippen LogP contribution in [0.5, 0.6) is 0 Å². The van der Waals surface area contributed by atoms with Crippen molar-refractivity contribution >= 4 is 0 Å². The number of allylic oxidation sites excluding steroid dienone is 4. The van der Waals surface area contributed by atoms with Gasteiger partial charge in [0.15, 0.2) is 0 Å². The zero-order valence-electron chi connectivity index (χ0n) is 9.04. The first-order valence-corrected chi connectivity index (χ1v) is 5.52. The molecule has 0 saturated heterocycles. The molecule has 0 bridgehead atoms. The van der Waals surface area contributed by atoms with Gasteiger partial charge in [-0.25, -0.2) is 0 Å². The summed E-state index contributed by atoms with van der Waals surface area (Å²) in [5.74, 6) is 1.61. The zero-order chi connectivity index (χ0) is 9.42. The Balaban J connectivity index is 2.36. The van der Waals surface area contributed by atoms with Crippen LogP contribution in [0.4, 0.5) is 0 Å². The molecule has 2 aliphatic carbocycles. The summed E-state index contributed by atoms with van der Waals surface area (Å²) in [4.78, 5) is 0. The lowest BCUT2D eigenvalue weighted by Crippen LogP contribution is -2.00. The number of hydrogen-bond acceptors (Lipinski definition) is 0. The van der Waals surface area contributed by atoms with E-state index in [1.54, 1.807) is 28.2 Å². The van der Waals surface area contributed by atoms with E-state index in [2.05, 4.69) is 20.8 Å². The van der Waals surface area contributed by atoms with Gasteiger partial charge in [-0.3, -0.25) is 0 Å². The molecule has 0 fully saturated rings. The molecular weight excluding hydrogens is 156 g/mol. The second kappa shape index (κ2) is 3.32. The highest BCUT2D eigenvalue weighted by atomic mass is 14.3. The fourth-order valence-corrected chi connectivity index (χ4v) is 2.91. The van der Waals surface area contributed by atoms with Crippen LogP contribution in [0.2, 0.25) is 0 Å². The molecule has 0 spiro atoms. The number of hydrogen-bond donors (Lipinski definition) is 0. The summed E-state index contributed by atoms with van der Waals surface area (Å²) in [6, 6.07) is 0. The van der Waals surface area contributed by atoms with Crippen LogP contribution in [0.25, 0.3) is 0 Å². The van der Waals surface area contributed by atoms with E-state index in [9.17, 15) is 0 Å². The second-order valence-corrected chi connectivity index (χ2v) is 4.25. The van der Waals surface area contributed by atoms with Gasteiger partial charge in [-0.1, -0.05) is 25.0 Å². The molecule has 0 aromatic carbocycles. The molecule has 0 nitrogen and oxygen atoms in total. The van der Waals surface area contributed by atoms with E-state index in [4.69, 9.17) is 0 Å². The summed E-state index contributed by atoms with van der Waals surface area (Å²) < 4.78 is 0. The normalized spacial score (nSPS) is 24.2. The van der Waals surface area contributed by atoms with E-state index in [0.29, 0.717) is 0 Å². The summed E-state index contributed by atoms with van der Waals surface area (Å²) in [6.45, 7) is 6.91. The van der Waals surface area contributed by atoms with Crippen molar-refractivity contribution in [3.63, 3.8) is 0 Å². The van der Waals surface area contributed by atoms with Crippen LogP contribution in [0, 0.1) is 5.92 Å². The molecule has 0 amide bonds. The summed E-state index contributed by atoms with van der Waals surface area (Å²) in [5, 5.41) is 0. The minimum absolute atomic E-state index is 1.21. The molecular formula is C13H19. The Morgan fingerprint density at radius 3 is 2.15 bits per heavy atom. The fraction of sp³-hybridized carbons (Fsp3) is 0.615. The highest BCUT2D eigenvalue weighted by Gasteiger charge is 2.28. The largest absolute Gasteiger partial charge is 0.0616 e. The van der Waals surface area contributed by atoms with Crippen molar-refractivity contribution in [2.75, 3.05) is 0 Å². The summed E-state index contributed by atoms with van der Waals surface area (Å²) in [7, 11) is 0. The molecule has 0 aliphatic heterocycles. The molecule has 0 aromatic rings. The maximum Gasteiger partial charge on any atom is 0.0232 e. The molecule has 2 rings (SSSR count). The average molecular weight is 175 g/mol. The van der Waals surface area contributed by atoms with Gasteiger partial charge in [-0.15, -0.1) is 0 Å². The summed E-state index contributed by atoms with van der Waals surface area (Å²) in [5.41, 5.74) is 6.63. The van der Waals surface area contributed by atoms with Crippen LogP contribution in [-0.4, -0.2) is 0 Å². The Hall–Kier alpha value is -0.520. The van der Waals surface area contributed by atoms with E-state index in [1.807, 2.05) is 0 Å². The highest BCUT2D eigenvalue weighted by molar-refractivity contribution is 5.59. The van der Waals surface area contributed by atoms with E-state index in [-0.39, 0.29) is 0 Å². The van der Waals surface area contributed by atoms with Crippen LogP contribution >= 0.6 is 0 Å². The SMILES string of the molecule is CCC1=C(C)C2=C(CCCC2)[C]1C. The van der Waals surface area contributed by atoms with Crippen molar-refractivity contribution in [1.82, 2.24) is 0 Å². The van der Waals surface area contributed by atoms with E-state index < -0.39 is 0 Å². The number of rotatable bonds is 1. The molecule has 0 unspecified atom stereocenters. The highest BCUT2D eigenvalue weighted by Crippen LogP contribution is 2.46. The van der Waals surface area contributed by atoms with Crippen molar-refractivity contribution in [3.8, 4) is 0 Å². The van der Waals surface area contributed by atoms with Crippen LogP contribution in [0.15, 0.2) is 22.3 Å². The predicted molar refractivity (Wildman–Crippen MR) is 57.4 cm³/mol. The van der Waals surface area contributed by atoms with Gasteiger partial charge in [0.2, 0.25) is 0 Å². The van der Waals surface area contributed by atoms with Crippen molar-refractivity contribution in [3.05, 3.63) is 28.2 Å². The van der Waals surface area contributed by atoms with E-state index >= 15 is 0 Å². The fourth-order valence-electron chi connectivity index (χ4n) is 2.91. The molecule has 2 aliphatic rings. The molecule has 0 heterocycles. The van der Waals surface area contributed by atoms with Gasteiger partial charge in [0.1, 0.15) is 0 Å². The van der Waals surface area contributed by atoms with Crippen molar-refractivity contribution in [1.29, 1.82) is 0 Å². The third-order valence-corrected chi connectivity index (χ3v) is 3.63. The van der Waals surface area contributed by atoms with Gasteiger partial charge in [0.25, 0.3) is 0 Å². The third kappa shape index (κ3) is 1.27. The van der Waals surface area contributed by atoms with Crippen LogP contribution in [-0.2, 0) is 0 Å². The average Bonchev–Trinajstić information content (AvgIpc) is 2.41. The van der Waals surface area contributed by atoms with Gasteiger partial charge in [0.05, 0.1) is 0 Å². The molecule has 0 N–H and O–H groups in total. The lowest BCUT2D eigenvalue weighted by Gasteiger charge is -2.17. The Kier molecular flexibility index (Phi) is 2.31. The van der Waals surface area contributed by atoms with Crippen LogP contribution in [0.3, 0.4) is 0 Å². The monoisotopic (exact) mass is 175 g/mol. The standard InChI is InChI=1S/C13H19/c1-4-11-9(2)12-7-5-6-8-13(12)10(11)3/h4-8H2,1-3H3. The Bertz CT molecular complexity index is 278. The van der Waals surface area contributed by atoms with Crippen molar-refractivity contribution in [2.24, 2.45) is 0 Å².